The first kappa shape index (κ1) is 30.6. The van der Waals surface area contributed by atoms with Gasteiger partial charge in [-0.25, -0.2) is 19.1 Å². The monoisotopic (exact) mass is 626 g/mol. The summed E-state index contributed by atoms with van der Waals surface area (Å²) in [6.45, 7) is -0.0682. The van der Waals surface area contributed by atoms with Gasteiger partial charge in [0.05, 0.1) is 29.6 Å². The van der Waals surface area contributed by atoms with Gasteiger partial charge in [0.1, 0.15) is 18.0 Å². The van der Waals surface area contributed by atoms with Crippen molar-refractivity contribution >= 4 is 30.1 Å². The zero-order valence-electron chi connectivity index (χ0n) is 24.5. The Morgan fingerprint density at radius 2 is 1.28 bits per heavy atom. The van der Waals surface area contributed by atoms with Gasteiger partial charge < -0.3 is 34.7 Å². The Morgan fingerprint density at radius 3 is 1.80 bits per heavy atom. The second-order valence-corrected chi connectivity index (χ2v) is 10.4. The molecule has 2 aliphatic rings. The van der Waals surface area contributed by atoms with Gasteiger partial charge in [0.15, 0.2) is 30.4 Å². The first-order valence-corrected chi connectivity index (χ1v) is 14.4. The molecule has 6 atom stereocenters. The zero-order valence-corrected chi connectivity index (χ0v) is 24.5. The largest absolute Gasteiger partial charge is 0.452 e. The number of benzene rings is 3. The molecule has 3 heterocycles. The average molecular weight is 627 g/mol. The van der Waals surface area contributed by atoms with Crippen molar-refractivity contribution in [3.63, 3.8) is 0 Å². The lowest BCUT2D eigenvalue weighted by atomic mass is 9.97. The number of carbonyl (C=O) groups excluding carboxylic acids is 3. The summed E-state index contributed by atoms with van der Waals surface area (Å²) in [6, 6.07) is 24.8. The van der Waals surface area contributed by atoms with Gasteiger partial charge in [-0.15, -0.1) is 5.10 Å². The summed E-state index contributed by atoms with van der Waals surface area (Å²) >= 11 is 0. The van der Waals surface area contributed by atoms with Gasteiger partial charge in [-0.2, -0.15) is 0 Å². The first-order chi connectivity index (χ1) is 22.4. The summed E-state index contributed by atoms with van der Waals surface area (Å²) in [6.07, 6.45) is -5.72. The molecule has 0 saturated carbocycles. The van der Waals surface area contributed by atoms with Gasteiger partial charge in [0.25, 0.3) is 0 Å². The van der Waals surface area contributed by atoms with Crippen molar-refractivity contribution < 1.29 is 38.1 Å². The van der Waals surface area contributed by atoms with Crippen LogP contribution in [0, 0.1) is 0 Å². The fraction of sp³-hybridized carbons (Fsp3) is 0.250. The fourth-order valence-electron chi connectivity index (χ4n) is 5.14. The van der Waals surface area contributed by atoms with E-state index in [4.69, 9.17) is 29.4 Å². The highest BCUT2D eigenvalue weighted by molar-refractivity contribution is 5.91. The second-order valence-electron chi connectivity index (χ2n) is 10.4. The summed E-state index contributed by atoms with van der Waals surface area (Å²) in [5.41, 5.74) is 7.15. The van der Waals surface area contributed by atoms with Gasteiger partial charge in [-0.3, -0.25) is 4.99 Å². The van der Waals surface area contributed by atoms with E-state index in [9.17, 15) is 14.4 Å². The van der Waals surface area contributed by atoms with Crippen LogP contribution in [0.5, 0.6) is 0 Å². The van der Waals surface area contributed by atoms with Crippen molar-refractivity contribution in [2.45, 2.75) is 43.4 Å². The van der Waals surface area contributed by atoms with Gasteiger partial charge in [0, 0.05) is 7.11 Å². The molecular weight excluding hydrogens is 596 g/mol. The Balaban J connectivity index is 1.39. The molecule has 236 valence electrons. The summed E-state index contributed by atoms with van der Waals surface area (Å²) < 4.78 is 31.4. The number of nitrogens with one attached hydrogen (secondary N) is 1. The number of aromatic nitrogens is 3. The molecule has 14 heteroatoms. The van der Waals surface area contributed by atoms with Crippen LogP contribution in [0.25, 0.3) is 0 Å². The third kappa shape index (κ3) is 6.49. The van der Waals surface area contributed by atoms with E-state index in [1.54, 1.807) is 91.0 Å². The maximum absolute atomic E-state index is 13.5. The summed E-state index contributed by atoms with van der Waals surface area (Å²) in [5.74, 6) is -1.75. The van der Waals surface area contributed by atoms with Crippen LogP contribution < -0.4 is 11.1 Å². The van der Waals surface area contributed by atoms with Crippen LogP contribution in [0.3, 0.4) is 0 Å². The summed E-state index contributed by atoms with van der Waals surface area (Å²) in [4.78, 5) is 44.4. The Hall–Kier alpha value is -5.44. The van der Waals surface area contributed by atoms with Gasteiger partial charge in [-0.05, 0) is 36.4 Å². The fourth-order valence-corrected chi connectivity index (χ4v) is 5.14. The molecule has 1 aromatic heterocycles. The lowest BCUT2D eigenvalue weighted by Crippen LogP contribution is -2.62. The van der Waals surface area contributed by atoms with E-state index >= 15 is 0 Å². The standard InChI is InChI=1S/C32H30N6O8/c1-42-32-26(46-31(41)21-15-9-4-10-16-21)25(45-30(40)20-13-7-3-8-14-20)24(44-29(39)19-11-5-2-6-12-19)22(43-32)17-38-28-23(36-37-38)27(33)34-18-35-28/h2-16,18,22,24-27,32H,17,33H2,1H3,(H,34,35)/t22-,24-,25+,26-,27?,32+/m1/s1. The number of anilines is 1. The van der Waals surface area contributed by atoms with Crippen molar-refractivity contribution in [1.82, 2.24) is 15.0 Å². The van der Waals surface area contributed by atoms with E-state index in [-0.39, 0.29) is 23.2 Å². The minimum Gasteiger partial charge on any atom is -0.452 e. The van der Waals surface area contributed by atoms with Crippen molar-refractivity contribution in [1.29, 1.82) is 0 Å². The molecule has 0 bridgehead atoms. The molecule has 0 spiro atoms. The van der Waals surface area contributed by atoms with Crippen LogP contribution in [-0.4, -0.2) is 77.1 Å². The minimum atomic E-state index is -1.40. The van der Waals surface area contributed by atoms with Crippen molar-refractivity contribution in [2.24, 2.45) is 10.7 Å². The van der Waals surface area contributed by atoms with Crippen molar-refractivity contribution in [3.8, 4) is 0 Å². The third-order valence-electron chi connectivity index (χ3n) is 7.41. The van der Waals surface area contributed by atoms with Crippen LogP contribution in [0.4, 0.5) is 5.82 Å². The smallest absolute Gasteiger partial charge is 0.338 e. The van der Waals surface area contributed by atoms with Gasteiger partial charge in [0.2, 0.25) is 0 Å². The highest BCUT2D eigenvalue weighted by atomic mass is 16.7. The van der Waals surface area contributed by atoms with Crippen LogP contribution >= 0.6 is 0 Å². The van der Waals surface area contributed by atoms with E-state index in [0.717, 1.165) is 0 Å². The molecule has 46 heavy (non-hydrogen) atoms. The molecule has 3 N–H and O–H groups in total. The van der Waals surface area contributed by atoms with Crippen LogP contribution in [0.1, 0.15) is 42.9 Å². The summed E-state index contributed by atoms with van der Waals surface area (Å²) in [5, 5.41) is 11.3. The first-order valence-electron chi connectivity index (χ1n) is 14.4. The molecule has 0 amide bonds. The number of fused-ring (bicyclic) bond motifs is 1. The molecule has 0 radical (unpaired) electrons. The van der Waals surface area contributed by atoms with Crippen LogP contribution in [0.15, 0.2) is 96.0 Å². The maximum Gasteiger partial charge on any atom is 0.338 e. The van der Waals surface area contributed by atoms with E-state index in [2.05, 4.69) is 20.6 Å². The van der Waals surface area contributed by atoms with Crippen LogP contribution in [0.2, 0.25) is 0 Å². The van der Waals surface area contributed by atoms with E-state index in [0.29, 0.717) is 11.5 Å². The number of hydrogen-bond acceptors (Lipinski definition) is 13. The average Bonchev–Trinajstić information content (AvgIpc) is 3.51. The molecule has 1 fully saturated rings. The Kier molecular flexibility index (Phi) is 9.10. The number of nitrogens with two attached hydrogens (primary N) is 1. The predicted octanol–water partition coefficient (Wildman–Crippen LogP) is 2.74. The Morgan fingerprint density at radius 1 is 0.783 bits per heavy atom. The number of aliphatic imine (C=N–C) groups is 1. The number of ether oxygens (including phenoxy) is 5. The zero-order chi connectivity index (χ0) is 32.0. The molecule has 4 aromatic rings. The van der Waals surface area contributed by atoms with E-state index in [1.165, 1.54) is 18.1 Å². The molecule has 14 nitrogen and oxygen atoms in total. The van der Waals surface area contributed by atoms with E-state index in [1.807, 2.05) is 0 Å². The Labute approximate surface area is 263 Å². The number of nitrogens with zero attached hydrogens (tertiary/aromatic N) is 4. The molecule has 1 saturated heterocycles. The minimum absolute atomic E-state index is 0.0682. The molecule has 3 aromatic carbocycles. The van der Waals surface area contributed by atoms with Gasteiger partial charge >= 0.3 is 17.9 Å². The lowest BCUT2D eigenvalue weighted by Gasteiger charge is -2.44. The van der Waals surface area contributed by atoms with Crippen molar-refractivity contribution in [2.75, 3.05) is 12.4 Å². The highest BCUT2D eigenvalue weighted by Gasteiger charge is 2.53. The number of rotatable bonds is 9. The number of methoxy groups -OCH3 is 1. The molecule has 2 aliphatic heterocycles. The summed E-state index contributed by atoms with van der Waals surface area (Å²) in [7, 11) is 1.35. The highest BCUT2D eigenvalue weighted by Crippen LogP contribution is 2.33. The molecular formula is C32H30N6O8. The maximum atomic E-state index is 13.5. The van der Waals surface area contributed by atoms with E-state index < -0.39 is 54.8 Å². The molecule has 6 rings (SSSR count). The van der Waals surface area contributed by atoms with Gasteiger partial charge in [-0.1, -0.05) is 59.8 Å². The van der Waals surface area contributed by atoms with Crippen molar-refractivity contribution in [3.05, 3.63) is 113 Å². The number of hydrogen-bond donors (Lipinski definition) is 2. The normalized spacial score (nSPS) is 23.4. The molecule has 0 aliphatic carbocycles. The predicted molar refractivity (Wildman–Crippen MR) is 162 cm³/mol. The topological polar surface area (TPSA) is 178 Å². The SMILES string of the molecule is CO[C@H]1O[C@H](Cn2nnc3c2NC=NC3N)[C@@H](OC(=O)c2ccccc2)[C@H](OC(=O)c2ccccc2)[C@H]1OC(=O)c1ccccc1. The van der Waals surface area contributed by atoms with Crippen LogP contribution in [-0.2, 0) is 30.2 Å². The Bertz CT molecular complexity index is 1700. The third-order valence-corrected chi connectivity index (χ3v) is 7.41. The molecule has 1 unspecified atom stereocenters. The lowest BCUT2D eigenvalue weighted by molar-refractivity contribution is -0.289. The second kappa shape index (κ2) is 13.7. The number of carbonyl (C=O) groups is 3. The number of esters is 3. The quantitative estimate of drug-likeness (QED) is 0.205.